The van der Waals surface area contributed by atoms with Crippen LogP contribution in [0.2, 0.25) is 0 Å². The molecule has 0 unspecified atom stereocenters. The van der Waals surface area contributed by atoms with Crippen LogP contribution in [0.15, 0.2) is 206 Å². The molecule has 0 aliphatic rings. The molecule has 0 aromatic heterocycles. The summed E-state index contributed by atoms with van der Waals surface area (Å²) in [4.78, 5) is 0. The van der Waals surface area contributed by atoms with E-state index in [1.54, 1.807) is 0 Å². The van der Waals surface area contributed by atoms with E-state index >= 15 is 0 Å². The standard InChI is InChI=1S/C56H34/c1-3-16-35(17-4-1)40-22-11-12-25-43(40)44-30-31-49-54-46-27-14-13-26-45(46)52(39-32-37-20-7-9-23-41(37)50(34-39)36-18-5-2-6-19-36)47-28-15-29-48(55(47)54)53-42-24-10-8-21-38(42)33-51(44)56(49)53/h1-34H. The molecule has 258 valence electrons. The summed E-state index contributed by atoms with van der Waals surface area (Å²) < 4.78 is 0. The SMILES string of the molecule is c1ccc(-c2ccccc2-c2ccc3c4c2cc2ccccc2c4c2cccc4c(-c5cc(-c6ccccc6)c6ccccc6c5)c5ccccc5c3c42)cc1. The number of hydrogen-bond acceptors (Lipinski definition) is 0. The molecule has 0 aliphatic carbocycles. The Balaban J connectivity index is 1.26. The molecule has 56 heavy (non-hydrogen) atoms. The Morgan fingerprint density at radius 1 is 0.196 bits per heavy atom. The van der Waals surface area contributed by atoms with E-state index in [2.05, 4.69) is 206 Å². The lowest BCUT2D eigenvalue weighted by atomic mass is 9.80. The minimum absolute atomic E-state index is 1.23. The van der Waals surface area contributed by atoms with Crippen molar-refractivity contribution >= 4 is 75.4 Å². The van der Waals surface area contributed by atoms with Crippen LogP contribution in [0.5, 0.6) is 0 Å². The molecule has 0 spiro atoms. The molecule has 0 heterocycles. The van der Waals surface area contributed by atoms with Gasteiger partial charge in [-0.1, -0.05) is 188 Å². The summed E-state index contributed by atoms with van der Waals surface area (Å²) in [6.45, 7) is 0. The van der Waals surface area contributed by atoms with E-state index < -0.39 is 0 Å². The summed E-state index contributed by atoms with van der Waals surface area (Å²) in [7, 11) is 0. The van der Waals surface area contributed by atoms with Crippen LogP contribution in [-0.2, 0) is 0 Å². The van der Waals surface area contributed by atoms with Gasteiger partial charge in [-0.15, -0.1) is 0 Å². The molecule has 0 radical (unpaired) electrons. The molecule has 12 aromatic rings. The quantitative estimate of drug-likeness (QED) is 0.126. The molecule has 12 aromatic carbocycles. The Hall–Kier alpha value is -7.28. The van der Waals surface area contributed by atoms with E-state index in [4.69, 9.17) is 0 Å². The Morgan fingerprint density at radius 3 is 1.46 bits per heavy atom. The fourth-order valence-electron chi connectivity index (χ4n) is 9.83. The van der Waals surface area contributed by atoms with Crippen molar-refractivity contribution in [1.82, 2.24) is 0 Å². The summed E-state index contributed by atoms with van der Waals surface area (Å²) >= 11 is 0. The van der Waals surface area contributed by atoms with Crippen molar-refractivity contribution in [2.24, 2.45) is 0 Å². The van der Waals surface area contributed by atoms with Crippen molar-refractivity contribution in [1.29, 1.82) is 0 Å². The van der Waals surface area contributed by atoms with Crippen LogP contribution in [0.4, 0.5) is 0 Å². The minimum atomic E-state index is 1.23. The van der Waals surface area contributed by atoms with Gasteiger partial charge in [-0.05, 0) is 138 Å². The van der Waals surface area contributed by atoms with Gasteiger partial charge in [0.25, 0.3) is 0 Å². The molecule has 0 aliphatic heterocycles. The Labute approximate surface area is 324 Å². The number of fused-ring (bicyclic) bond motifs is 7. The fourth-order valence-corrected chi connectivity index (χ4v) is 9.83. The molecule has 0 saturated carbocycles. The van der Waals surface area contributed by atoms with Crippen LogP contribution in [0.25, 0.3) is 120 Å². The lowest BCUT2D eigenvalue weighted by Crippen LogP contribution is -1.95. The maximum Gasteiger partial charge on any atom is -0.00134 e. The maximum atomic E-state index is 2.44. The first-order chi connectivity index (χ1) is 27.8. The third kappa shape index (κ3) is 4.48. The first-order valence-corrected chi connectivity index (χ1v) is 19.5. The van der Waals surface area contributed by atoms with Crippen molar-refractivity contribution in [2.45, 2.75) is 0 Å². The number of benzene rings is 12. The highest BCUT2D eigenvalue weighted by atomic mass is 14.3. The average molecular weight is 707 g/mol. The van der Waals surface area contributed by atoms with Crippen LogP contribution in [0.1, 0.15) is 0 Å². The predicted molar refractivity (Wildman–Crippen MR) is 242 cm³/mol. The fraction of sp³-hybridized carbons (Fsp3) is 0. The summed E-state index contributed by atoms with van der Waals surface area (Å²) in [5.41, 5.74) is 10.0. The zero-order valence-electron chi connectivity index (χ0n) is 30.6. The Morgan fingerprint density at radius 2 is 0.696 bits per heavy atom. The third-order valence-corrected chi connectivity index (χ3v) is 12.2. The zero-order chi connectivity index (χ0) is 36.7. The molecular formula is C56H34. The maximum absolute atomic E-state index is 2.44. The van der Waals surface area contributed by atoms with Gasteiger partial charge in [0.15, 0.2) is 0 Å². The molecule has 0 saturated heterocycles. The van der Waals surface area contributed by atoms with Crippen molar-refractivity contribution in [2.75, 3.05) is 0 Å². The summed E-state index contributed by atoms with van der Waals surface area (Å²) in [6, 6.07) is 76.5. The van der Waals surface area contributed by atoms with Crippen molar-refractivity contribution < 1.29 is 0 Å². The molecule has 0 heteroatoms. The molecule has 0 bridgehead atoms. The second-order valence-electron chi connectivity index (χ2n) is 15.1. The molecule has 0 fully saturated rings. The third-order valence-electron chi connectivity index (χ3n) is 12.2. The first-order valence-electron chi connectivity index (χ1n) is 19.5. The summed E-state index contributed by atoms with van der Waals surface area (Å²) in [5, 5.41) is 18.1. The van der Waals surface area contributed by atoms with Gasteiger partial charge in [0.05, 0.1) is 0 Å². The monoisotopic (exact) mass is 706 g/mol. The lowest BCUT2D eigenvalue weighted by molar-refractivity contribution is 1.60. The summed E-state index contributed by atoms with van der Waals surface area (Å²) in [6.07, 6.45) is 0. The zero-order valence-corrected chi connectivity index (χ0v) is 30.6. The molecule has 0 N–H and O–H groups in total. The average Bonchev–Trinajstić information content (AvgIpc) is 3.27. The highest BCUT2D eigenvalue weighted by molar-refractivity contribution is 6.44. The van der Waals surface area contributed by atoms with Gasteiger partial charge in [-0.2, -0.15) is 0 Å². The lowest BCUT2D eigenvalue weighted by Gasteiger charge is -2.23. The van der Waals surface area contributed by atoms with Gasteiger partial charge in [-0.3, -0.25) is 0 Å². The van der Waals surface area contributed by atoms with E-state index in [-0.39, 0.29) is 0 Å². The van der Waals surface area contributed by atoms with Gasteiger partial charge >= 0.3 is 0 Å². The van der Waals surface area contributed by atoms with Crippen LogP contribution in [0, 0.1) is 0 Å². The smallest absolute Gasteiger partial charge is 0.00134 e. The first kappa shape index (κ1) is 31.1. The molecule has 0 amide bonds. The van der Waals surface area contributed by atoms with Gasteiger partial charge in [0, 0.05) is 0 Å². The van der Waals surface area contributed by atoms with E-state index in [1.165, 1.54) is 120 Å². The van der Waals surface area contributed by atoms with Crippen LogP contribution < -0.4 is 0 Å². The second kappa shape index (κ2) is 12.1. The van der Waals surface area contributed by atoms with Gasteiger partial charge in [-0.25, -0.2) is 0 Å². The highest BCUT2D eigenvalue weighted by Crippen LogP contribution is 2.51. The van der Waals surface area contributed by atoms with E-state index in [0.29, 0.717) is 0 Å². The second-order valence-corrected chi connectivity index (χ2v) is 15.1. The van der Waals surface area contributed by atoms with Gasteiger partial charge in [0.2, 0.25) is 0 Å². The van der Waals surface area contributed by atoms with Crippen LogP contribution in [0.3, 0.4) is 0 Å². The number of rotatable bonds is 4. The Bertz CT molecular complexity index is 3500. The highest BCUT2D eigenvalue weighted by Gasteiger charge is 2.23. The van der Waals surface area contributed by atoms with Crippen LogP contribution in [-0.4, -0.2) is 0 Å². The molecule has 0 nitrogen and oxygen atoms in total. The normalized spacial score (nSPS) is 11.9. The minimum Gasteiger partial charge on any atom is -0.0622 e. The van der Waals surface area contributed by atoms with E-state index in [0.717, 1.165) is 0 Å². The largest absolute Gasteiger partial charge is 0.0622 e. The Kier molecular flexibility index (Phi) is 6.73. The molecular weight excluding hydrogens is 673 g/mol. The van der Waals surface area contributed by atoms with Crippen molar-refractivity contribution in [3.05, 3.63) is 206 Å². The van der Waals surface area contributed by atoms with E-state index in [1.807, 2.05) is 0 Å². The van der Waals surface area contributed by atoms with Crippen LogP contribution >= 0.6 is 0 Å². The topological polar surface area (TPSA) is 0 Å². The predicted octanol–water partition coefficient (Wildman–Crippen LogP) is 15.9. The van der Waals surface area contributed by atoms with Crippen molar-refractivity contribution in [3.8, 4) is 44.5 Å². The van der Waals surface area contributed by atoms with Crippen molar-refractivity contribution in [3.63, 3.8) is 0 Å². The van der Waals surface area contributed by atoms with Gasteiger partial charge in [0.1, 0.15) is 0 Å². The number of hydrogen-bond donors (Lipinski definition) is 0. The molecule has 12 rings (SSSR count). The summed E-state index contributed by atoms with van der Waals surface area (Å²) in [5.74, 6) is 0. The molecule has 0 atom stereocenters. The van der Waals surface area contributed by atoms with E-state index in [9.17, 15) is 0 Å². The van der Waals surface area contributed by atoms with Gasteiger partial charge < -0.3 is 0 Å².